The van der Waals surface area contributed by atoms with E-state index in [1.807, 2.05) is 24.3 Å². The molecular weight excluding hydrogens is 442 g/mol. The molecule has 3 aromatic heterocycles. The third kappa shape index (κ3) is 4.58. The van der Waals surface area contributed by atoms with Gasteiger partial charge in [-0.3, -0.25) is 18.6 Å². The van der Waals surface area contributed by atoms with Crippen LogP contribution in [0.5, 0.6) is 0 Å². The molecule has 9 nitrogen and oxygen atoms in total. The van der Waals surface area contributed by atoms with Gasteiger partial charge >= 0.3 is 5.69 Å². The van der Waals surface area contributed by atoms with Crippen molar-refractivity contribution in [3.8, 4) is 0 Å². The molecule has 35 heavy (non-hydrogen) atoms. The molecule has 1 amide bonds. The maximum absolute atomic E-state index is 13.0. The number of pyridine rings is 1. The van der Waals surface area contributed by atoms with Gasteiger partial charge in [-0.25, -0.2) is 9.78 Å². The minimum Gasteiger partial charge on any atom is -0.350 e. The molecule has 1 N–H and O–H groups in total. The van der Waals surface area contributed by atoms with Crippen LogP contribution in [0.4, 0.5) is 11.5 Å². The second-order valence-electron chi connectivity index (χ2n) is 10.4. The summed E-state index contributed by atoms with van der Waals surface area (Å²) in [5.41, 5.74) is 3.58. The summed E-state index contributed by atoms with van der Waals surface area (Å²) in [6.45, 7) is 7.72. The molecule has 1 atom stereocenters. The van der Waals surface area contributed by atoms with Crippen LogP contribution in [0.3, 0.4) is 0 Å². The zero-order valence-electron chi connectivity index (χ0n) is 20.6. The van der Waals surface area contributed by atoms with Gasteiger partial charge in [-0.05, 0) is 41.7 Å². The van der Waals surface area contributed by atoms with E-state index >= 15 is 0 Å². The smallest absolute Gasteiger partial charge is 0.330 e. The summed E-state index contributed by atoms with van der Waals surface area (Å²) in [4.78, 5) is 32.7. The normalized spacial score (nSPS) is 15.9. The summed E-state index contributed by atoms with van der Waals surface area (Å²) in [6.07, 6.45) is 4.17. The molecule has 0 radical (unpaired) electrons. The number of aryl methyl sites for hydroxylation is 1. The number of aromatic nitrogens is 5. The van der Waals surface area contributed by atoms with Crippen molar-refractivity contribution >= 4 is 28.6 Å². The number of para-hydroxylation sites is 1. The number of imidazole rings is 1. The maximum Gasteiger partial charge on any atom is 0.330 e. The standard InChI is InChI=1S/C26H31N7O2/c1-26(2,3)17-33-21-10-11-22(29-24(21)30(4)25(33)35)32-15-19(14-18-8-5-6-9-20(18)32)28-23(34)16-31-13-7-12-27-31/h5-13,19H,14-17H2,1-4H3,(H,28,34). The number of benzene rings is 1. The molecule has 5 rings (SSSR count). The van der Waals surface area contributed by atoms with Crippen molar-refractivity contribution in [2.75, 3.05) is 11.4 Å². The van der Waals surface area contributed by atoms with Gasteiger partial charge < -0.3 is 10.2 Å². The number of anilines is 2. The third-order valence-electron chi connectivity index (χ3n) is 6.26. The van der Waals surface area contributed by atoms with Crippen molar-refractivity contribution in [1.82, 2.24) is 29.2 Å². The summed E-state index contributed by atoms with van der Waals surface area (Å²) in [7, 11) is 1.77. The topological polar surface area (TPSA) is 90.0 Å². The Morgan fingerprint density at radius 3 is 2.69 bits per heavy atom. The lowest BCUT2D eigenvalue weighted by molar-refractivity contribution is -0.122. The molecule has 182 valence electrons. The number of hydrogen-bond donors (Lipinski definition) is 1. The Morgan fingerprint density at radius 1 is 1.14 bits per heavy atom. The van der Waals surface area contributed by atoms with E-state index in [1.54, 1.807) is 39.3 Å². The average Bonchev–Trinajstić information content (AvgIpc) is 3.40. The second kappa shape index (κ2) is 8.72. The summed E-state index contributed by atoms with van der Waals surface area (Å²) in [6, 6.07) is 13.8. The third-order valence-corrected chi connectivity index (χ3v) is 6.26. The Bertz CT molecular complexity index is 1430. The van der Waals surface area contributed by atoms with Gasteiger partial charge in [0.15, 0.2) is 5.65 Å². The zero-order valence-corrected chi connectivity index (χ0v) is 20.6. The highest BCUT2D eigenvalue weighted by atomic mass is 16.2. The largest absolute Gasteiger partial charge is 0.350 e. The fourth-order valence-electron chi connectivity index (χ4n) is 4.76. The number of nitrogens with one attached hydrogen (secondary N) is 1. The molecule has 0 spiro atoms. The van der Waals surface area contributed by atoms with Crippen LogP contribution in [0.2, 0.25) is 0 Å². The first-order valence-electron chi connectivity index (χ1n) is 11.9. The predicted octanol–water partition coefficient (Wildman–Crippen LogP) is 2.86. The van der Waals surface area contributed by atoms with Crippen LogP contribution < -0.4 is 15.9 Å². The van der Waals surface area contributed by atoms with Gasteiger partial charge in [0, 0.05) is 38.2 Å². The highest BCUT2D eigenvalue weighted by molar-refractivity contribution is 5.78. The Morgan fingerprint density at radius 2 is 1.94 bits per heavy atom. The van der Waals surface area contributed by atoms with Crippen LogP contribution in [-0.4, -0.2) is 42.4 Å². The van der Waals surface area contributed by atoms with Crippen molar-refractivity contribution < 1.29 is 4.79 Å². The summed E-state index contributed by atoms with van der Waals surface area (Å²) < 4.78 is 5.03. The molecular formula is C26H31N7O2. The van der Waals surface area contributed by atoms with Crippen molar-refractivity contribution in [3.63, 3.8) is 0 Å². The number of hydrogen-bond acceptors (Lipinski definition) is 5. The monoisotopic (exact) mass is 473 g/mol. The van der Waals surface area contributed by atoms with Crippen LogP contribution >= 0.6 is 0 Å². The fourth-order valence-corrected chi connectivity index (χ4v) is 4.76. The van der Waals surface area contributed by atoms with E-state index in [2.05, 4.69) is 48.2 Å². The number of amides is 1. The molecule has 0 aliphatic carbocycles. The molecule has 1 aliphatic rings. The van der Waals surface area contributed by atoms with Gasteiger partial charge in [0.05, 0.1) is 11.6 Å². The minimum absolute atomic E-state index is 0.0375. The van der Waals surface area contributed by atoms with Gasteiger partial charge in [0.25, 0.3) is 0 Å². The summed E-state index contributed by atoms with van der Waals surface area (Å²) >= 11 is 0. The quantitative estimate of drug-likeness (QED) is 0.481. The lowest BCUT2D eigenvalue weighted by Gasteiger charge is -2.35. The molecule has 0 fully saturated rings. The van der Waals surface area contributed by atoms with Crippen molar-refractivity contribution in [1.29, 1.82) is 0 Å². The van der Waals surface area contributed by atoms with Crippen molar-refractivity contribution in [2.24, 2.45) is 12.5 Å². The number of rotatable bonds is 5. The zero-order chi connectivity index (χ0) is 24.7. The molecule has 0 bridgehead atoms. The van der Waals surface area contributed by atoms with E-state index in [9.17, 15) is 9.59 Å². The van der Waals surface area contributed by atoms with Gasteiger partial charge in [-0.2, -0.15) is 5.10 Å². The molecule has 4 aromatic rings. The van der Waals surface area contributed by atoms with Crippen molar-refractivity contribution in [2.45, 2.75) is 46.3 Å². The lowest BCUT2D eigenvalue weighted by Crippen LogP contribution is -2.47. The van der Waals surface area contributed by atoms with Gasteiger partial charge in [-0.15, -0.1) is 0 Å². The van der Waals surface area contributed by atoms with Gasteiger partial charge in [0.2, 0.25) is 5.91 Å². The fraction of sp³-hybridized carbons (Fsp3) is 0.385. The number of carbonyl (C=O) groups is 1. The van der Waals surface area contributed by atoms with E-state index in [0.29, 0.717) is 18.7 Å². The predicted molar refractivity (Wildman–Crippen MR) is 136 cm³/mol. The van der Waals surface area contributed by atoms with E-state index in [4.69, 9.17) is 4.98 Å². The molecule has 9 heteroatoms. The molecule has 4 heterocycles. The van der Waals surface area contributed by atoms with E-state index in [-0.39, 0.29) is 29.6 Å². The average molecular weight is 474 g/mol. The Kier molecular flexibility index (Phi) is 5.70. The van der Waals surface area contributed by atoms with Gasteiger partial charge in [0.1, 0.15) is 12.4 Å². The summed E-state index contributed by atoms with van der Waals surface area (Å²) in [5, 5.41) is 7.28. The minimum atomic E-state index is -0.0835. The van der Waals surface area contributed by atoms with Crippen LogP contribution in [0, 0.1) is 5.41 Å². The first kappa shape index (κ1) is 22.9. The first-order chi connectivity index (χ1) is 16.7. The highest BCUT2D eigenvalue weighted by Crippen LogP contribution is 2.33. The van der Waals surface area contributed by atoms with E-state index in [1.165, 1.54) is 0 Å². The van der Waals surface area contributed by atoms with E-state index in [0.717, 1.165) is 29.0 Å². The highest BCUT2D eigenvalue weighted by Gasteiger charge is 2.28. The van der Waals surface area contributed by atoms with Crippen LogP contribution in [-0.2, 0) is 31.4 Å². The number of nitrogens with zero attached hydrogens (tertiary/aromatic N) is 6. The van der Waals surface area contributed by atoms with Crippen LogP contribution in [0.25, 0.3) is 11.2 Å². The molecule has 1 aromatic carbocycles. The first-order valence-corrected chi connectivity index (χ1v) is 11.9. The SMILES string of the molecule is Cn1c(=O)n(CC(C)(C)C)c2ccc(N3CC(NC(=O)Cn4cccn4)Cc4ccccc43)nc21. The molecule has 0 saturated carbocycles. The Hall–Kier alpha value is -3.88. The number of fused-ring (bicyclic) bond motifs is 2. The van der Waals surface area contributed by atoms with Crippen LogP contribution in [0.1, 0.15) is 26.3 Å². The second-order valence-corrected chi connectivity index (χ2v) is 10.4. The molecule has 1 unspecified atom stereocenters. The molecule has 0 saturated heterocycles. The van der Waals surface area contributed by atoms with E-state index < -0.39 is 0 Å². The van der Waals surface area contributed by atoms with Crippen molar-refractivity contribution in [3.05, 3.63) is 70.9 Å². The lowest BCUT2D eigenvalue weighted by atomic mass is 9.97. The molecule has 1 aliphatic heterocycles. The summed E-state index contributed by atoms with van der Waals surface area (Å²) in [5.74, 6) is 0.669. The Balaban J connectivity index is 1.47. The van der Waals surface area contributed by atoms with Gasteiger partial charge in [-0.1, -0.05) is 39.0 Å². The number of carbonyl (C=O) groups excluding carboxylic acids is 1. The Labute approximate surface area is 204 Å². The van der Waals surface area contributed by atoms with Crippen LogP contribution in [0.15, 0.2) is 59.7 Å². The maximum atomic E-state index is 13.0.